The first-order valence-electron chi connectivity index (χ1n) is 6.55. The highest BCUT2D eigenvalue weighted by atomic mass is 35.5. The van der Waals surface area contributed by atoms with Gasteiger partial charge in [0.1, 0.15) is 5.82 Å². The molecule has 1 aromatic carbocycles. The van der Waals surface area contributed by atoms with Gasteiger partial charge in [-0.05, 0) is 42.4 Å². The Morgan fingerprint density at radius 1 is 1.32 bits per heavy atom. The maximum atomic E-state index is 13.1. The topological polar surface area (TPSA) is 29.3 Å². The maximum absolute atomic E-state index is 13.1. The molecule has 0 radical (unpaired) electrons. The standard InChI is InChI=1S/C14H18ClFN2.ClH/c15-12-5-9(1-3-13(12)16)6-18-7-10-2-4-14(17)11(10)8-18;/h1,3,5,10-11,14H,2,4,6-8,17H2;1H. The van der Waals surface area contributed by atoms with E-state index in [1.165, 1.54) is 18.9 Å². The van der Waals surface area contributed by atoms with Gasteiger partial charge in [-0.2, -0.15) is 0 Å². The van der Waals surface area contributed by atoms with E-state index in [-0.39, 0.29) is 23.2 Å². The monoisotopic (exact) mass is 304 g/mol. The molecule has 1 saturated carbocycles. The Labute approximate surface area is 124 Å². The predicted molar refractivity (Wildman–Crippen MR) is 78.1 cm³/mol. The highest BCUT2D eigenvalue weighted by Crippen LogP contribution is 2.37. The minimum atomic E-state index is -0.347. The summed E-state index contributed by atoms with van der Waals surface area (Å²) in [5.41, 5.74) is 7.20. The van der Waals surface area contributed by atoms with Crippen molar-refractivity contribution in [2.75, 3.05) is 13.1 Å². The van der Waals surface area contributed by atoms with Gasteiger partial charge in [0.15, 0.2) is 0 Å². The normalized spacial score (nSPS) is 30.2. The lowest BCUT2D eigenvalue weighted by Crippen LogP contribution is -2.30. The molecule has 3 unspecified atom stereocenters. The minimum absolute atomic E-state index is 0. The van der Waals surface area contributed by atoms with E-state index >= 15 is 0 Å². The molecular formula is C14H19Cl2FN2. The Kier molecular flexibility index (Phi) is 4.72. The van der Waals surface area contributed by atoms with Gasteiger partial charge in [-0.1, -0.05) is 17.7 Å². The van der Waals surface area contributed by atoms with E-state index in [1.807, 2.05) is 6.07 Å². The third-order valence-electron chi connectivity index (χ3n) is 4.38. The number of rotatable bonds is 2. The number of halogens is 3. The van der Waals surface area contributed by atoms with Crippen molar-refractivity contribution in [2.45, 2.75) is 25.4 Å². The smallest absolute Gasteiger partial charge is 0.141 e. The number of nitrogens with two attached hydrogens (primary N) is 1. The van der Waals surface area contributed by atoms with Crippen molar-refractivity contribution in [1.29, 1.82) is 0 Å². The van der Waals surface area contributed by atoms with Crippen LogP contribution in [-0.4, -0.2) is 24.0 Å². The molecule has 0 aromatic heterocycles. The van der Waals surface area contributed by atoms with Crippen molar-refractivity contribution >= 4 is 24.0 Å². The molecule has 1 aliphatic carbocycles. The van der Waals surface area contributed by atoms with E-state index in [9.17, 15) is 4.39 Å². The van der Waals surface area contributed by atoms with Gasteiger partial charge in [-0.3, -0.25) is 4.90 Å². The van der Waals surface area contributed by atoms with Gasteiger partial charge < -0.3 is 5.73 Å². The molecule has 1 heterocycles. The van der Waals surface area contributed by atoms with E-state index in [1.54, 1.807) is 6.07 Å². The van der Waals surface area contributed by atoms with Crippen molar-refractivity contribution in [3.05, 3.63) is 34.6 Å². The fourth-order valence-electron chi connectivity index (χ4n) is 3.43. The fourth-order valence-corrected chi connectivity index (χ4v) is 3.63. The summed E-state index contributed by atoms with van der Waals surface area (Å²) in [4.78, 5) is 2.41. The van der Waals surface area contributed by atoms with Crippen molar-refractivity contribution in [3.8, 4) is 0 Å². The highest BCUT2D eigenvalue weighted by Gasteiger charge is 2.40. The van der Waals surface area contributed by atoms with E-state index < -0.39 is 0 Å². The summed E-state index contributed by atoms with van der Waals surface area (Å²) in [6.45, 7) is 3.04. The third kappa shape index (κ3) is 3.05. The van der Waals surface area contributed by atoms with Crippen LogP contribution in [0.1, 0.15) is 18.4 Å². The van der Waals surface area contributed by atoms with Crippen LogP contribution in [0.2, 0.25) is 5.02 Å². The van der Waals surface area contributed by atoms with Crippen LogP contribution in [-0.2, 0) is 6.54 Å². The van der Waals surface area contributed by atoms with E-state index in [0.717, 1.165) is 31.1 Å². The first-order chi connectivity index (χ1) is 8.63. The zero-order valence-corrected chi connectivity index (χ0v) is 12.3. The van der Waals surface area contributed by atoms with Gasteiger partial charge in [-0.25, -0.2) is 4.39 Å². The molecule has 2 fully saturated rings. The van der Waals surface area contributed by atoms with Crippen LogP contribution in [0.3, 0.4) is 0 Å². The molecule has 2 aliphatic rings. The molecule has 106 valence electrons. The van der Waals surface area contributed by atoms with Crippen LogP contribution in [0.5, 0.6) is 0 Å². The second kappa shape index (κ2) is 5.96. The second-order valence-electron chi connectivity index (χ2n) is 5.61. The maximum Gasteiger partial charge on any atom is 0.141 e. The highest BCUT2D eigenvalue weighted by molar-refractivity contribution is 6.30. The Balaban J connectivity index is 0.00000133. The number of fused-ring (bicyclic) bond motifs is 1. The van der Waals surface area contributed by atoms with Gasteiger partial charge in [0, 0.05) is 25.7 Å². The van der Waals surface area contributed by atoms with Gasteiger partial charge in [0.05, 0.1) is 5.02 Å². The first kappa shape index (κ1) is 15.0. The molecular weight excluding hydrogens is 286 g/mol. The van der Waals surface area contributed by atoms with E-state index in [0.29, 0.717) is 12.0 Å². The zero-order valence-electron chi connectivity index (χ0n) is 10.7. The van der Waals surface area contributed by atoms with Gasteiger partial charge >= 0.3 is 0 Å². The molecule has 0 bridgehead atoms. The van der Waals surface area contributed by atoms with Crippen LogP contribution in [0.4, 0.5) is 4.39 Å². The van der Waals surface area contributed by atoms with E-state index in [4.69, 9.17) is 17.3 Å². The lowest BCUT2D eigenvalue weighted by atomic mass is 9.98. The van der Waals surface area contributed by atoms with Gasteiger partial charge in [0.25, 0.3) is 0 Å². The minimum Gasteiger partial charge on any atom is -0.327 e. The number of likely N-dealkylation sites (tertiary alicyclic amines) is 1. The van der Waals surface area contributed by atoms with Crippen molar-refractivity contribution < 1.29 is 4.39 Å². The quantitative estimate of drug-likeness (QED) is 0.910. The molecule has 1 aromatic rings. The molecule has 5 heteroatoms. The van der Waals surface area contributed by atoms with Gasteiger partial charge in [0.2, 0.25) is 0 Å². The summed E-state index contributed by atoms with van der Waals surface area (Å²) in [5.74, 6) is 1.07. The Morgan fingerprint density at radius 2 is 2.11 bits per heavy atom. The predicted octanol–water partition coefficient (Wildman–Crippen LogP) is 3.07. The van der Waals surface area contributed by atoms with Crippen LogP contribution in [0.15, 0.2) is 18.2 Å². The average Bonchev–Trinajstić information content (AvgIpc) is 2.87. The fraction of sp³-hybridized carbons (Fsp3) is 0.571. The Bertz CT molecular complexity index is 455. The SMILES string of the molecule is Cl.NC1CCC2CN(Cc3ccc(F)c(Cl)c3)CC12. The van der Waals surface area contributed by atoms with Crippen LogP contribution in [0.25, 0.3) is 0 Å². The van der Waals surface area contributed by atoms with E-state index in [2.05, 4.69) is 4.90 Å². The summed E-state index contributed by atoms with van der Waals surface area (Å²) < 4.78 is 13.1. The summed E-state index contributed by atoms with van der Waals surface area (Å²) in [6.07, 6.45) is 2.43. The Hall–Kier alpha value is -0.350. The van der Waals surface area contributed by atoms with Crippen molar-refractivity contribution in [1.82, 2.24) is 4.90 Å². The average molecular weight is 305 g/mol. The molecule has 0 amide bonds. The molecule has 2 nitrogen and oxygen atoms in total. The number of hydrogen-bond acceptors (Lipinski definition) is 2. The lowest BCUT2D eigenvalue weighted by molar-refractivity contribution is 0.298. The number of nitrogens with zero attached hydrogens (tertiary/aromatic N) is 1. The molecule has 0 spiro atoms. The molecule has 1 aliphatic heterocycles. The number of benzene rings is 1. The largest absolute Gasteiger partial charge is 0.327 e. The third-order valence-corrected chi connectivity index (χ3v) is 4.67. The molecule has 19 heavy (non-hydrogen) atoms. The molecule has 2 N–H and O–H groups in total. The van der Waals surface area contributed by atoms with Crippen molar-refractivity contribution in [3.63, 3.8) is 0 Å². The molecule has 3 atom stereocenters. The summed E-state index contributed by atoms with van der Waals surface area (Å²) in [7, 11) is 0. The second-order valence-corrected chi connectivity index (χ2v) is 6.01. The Morgan fingerprint density at radius 3 is 2.79 bits per heavy atom. The molecule has 1 saturated heterocycles. The number of hydrogen-bond donors (Lipinski definition) is 1. The molecule has 3 rings (SSSR count). The van der Waals surface area contributed by atoms with Crippen LogP contribution in [0, 0.1) is 17.7 Å². The van der Waals surface area contributed by atoms with Gasteiger partial charge in [-0.15, -0.1) is 12.4 Å². The summed E-state index contributed by atoms with van der Waals surface area (Å²) >= 11 is 5.80. The zero-order chi connectivity index (χ0) is 12.7. The van der Waals surface area contributed by atoms with Crippen LogP contribution >= 0.6 is 24.0 Å². The summed E-state index contributed by atoms with van der Waals surface area (Å²) in [6, 6.07) is 5.36. The first-order valence-corrected chi connectivity index (χ1v) is 6.93. The van der Waals surface area contributed by atoms with Crippen LogP contribution < -0.4 is 5.73 Å². The van der Waals surface area contributed by atoms with Crippen molar-refractivity contribution in [2.24, 2.45) is 17.6 Å². The summed E-state index contributed by atoms with van der Waals surface area (Å²) in [5, 5.41) is 0.212. The lowest BCUT2D eigenvalue weighted by Gasteiger charge is -2.18.